The molecule has 1 aliphatic carbocycles. The Bertz CT molecular complexity index is 1230. The topological polar surface area (TPSA) is 76.7 Å². The summed E-state index contributed by atoms with van der Waals surface area (Å²) in [6.07, 6.45) is 1.03. The van der Waals surface area contributed by atoms with Crippen molar-refractivity contribution in [3.05, 3.63) is 76.4 Å². The van der Waals surface area contributed by atoms with Crippen molar-refractivity contribution in [3.8, 4) is 11.5 Å². The lowest BCUT2D eigenvalue weighted by molar-refractivity contribution is -0.118. The van der Waals surface area contributed by atoms with Gasteiger partial charge >= 0.3 is 0 Å². The lowest BCUT2D eigenvalue weighted by Gasteiger charge is -2.40. The number of Topliss-reactive ketones (excluding diaryl/α,β-unsaturated/α-hetero) is 1. The highest BCUT2D eigenvalue weighted by Gasteiger charge is 2.43. The highest BCUT2D eigenvalue weighted by molar-refractivity contribution is 6.10. The minimum Gasteiger partial charge on any atom is -0.497 e. The quantitative estimate of drug-likeness (QED) is 0.645. The molecule has 0 saturated carbocycles. The number of amides is 1. The van der Waals surface area contributed by atoms with Crippen LogP contribution in [0.1, 0.15) is 45.1 Å². The molecule has 0 fully saturated rings. The SMILES string of the molecule is COc1ccc([C@@H]2C(C(=O)Nc3ccccc3F)=C(C)NC3=C2C(=O)CC(C)(C)C3)c(OC)c1. The van der Waals surface area contributed by atoms with Gasteiger partial charge in [-0.1, -0.05) is 32.0 Å². The van der Waals surface area contributed by atoms with E-state index in [1.165, 1.54) is 19.2 Å². The summed E-state index contributed by atoms with van der Waals surface area (Å²) in [4.78, 5) is 27.0. The number of hydrogen-bond acceptors (Lipinski definition) is 5. The second-order valence-electron chi connectivity index (χ2n) is 9.47. The van der Waals surface area contributed by atoms with Crippen LogP contribution in [-0.2, 0) is 9.59 Å². The van der Waals surface area contributed by atoms with Crippen molar-refractivity contribution in [3.63, 3.8) is 0 Å². The molecule has 0 radical (unpaired) electrons. The molecule has 7 heteroatoms. The van der Waals surface area contributed by atoms with E-state index in [1.54, 1.807) is 38.3 Å². The second-order valence-corrected chi connectivity index (χ2v) is 9.47. The van der Waals surface area contributed by atoms with E-state index in [0.29, 0.717) is 46.7 Å². The van der Waals surface area contributed by atoms with Crippen molar-refractivity contribution in [2.45, 2.75) is 39.5 Å². The number of carbonyl (C=O) groups is 2. The summed E-state index contributed by atoms with van der Waals surface area (Å²) in [7, 11) is 3.10. The van der Waals surface area contributed by atoms with Gasteiger partial charge in [0.2, 0.25) is 0 Å². The standard InChI is InChI=1S/C27H29FN2O4/c1-15-23(26(32)30-19-9-7-6-8-18(19)28)24(17-11-10-16(33-4)12-22(17)34-5)25-20(29-15)13-27(2,3)14-21(25)31/h6-12,24,29H,13-14H2,1-5H3,(H,30,32)/t24-/m1/s1. The number of hydrogen-bond donors (Lipinski definition) is 2. The maximum atomic E-state index is 14.3. The maximum Gasteiger partial charge on any atom is 0.254 e. The Morgan fingerprint density at radius 2 is 1.85 bits per heavy atom. The summed E-state index contributed by atoms with van der Waals surface area (Å²) in [5.74, 6) is -0.621. The fourth-order valence-corrected chi connectivity index (χ4v) is 4.86. The van der Waals surface area contributed by atoms with Crippen LogP contribution in [-0.4, -0.2) is 25.9 Å². The normalized spacial score (nSPS) is 19.4. The van der Waals surface area contributed by atoms with Crippen molar-refractivity contribution >= 4 is 17.4 Å². The van der Waals surface area contributed by atoms with Crippen LogP contribution in [0.3, 0.4) is 0 Å². The lowest BCUT2D eigenvalue weighted by atomic mass is 9.68. The van der Waals surface area contributed by atoms with Crippen LogP contribution >= 0.6 is 0 Å². The largest absolute Gasteiger partial charge is 0.497 e. The molecule has 0 aromatic heterocycles. The zero-order chi connectivity index (χ0) is 24.6. The van der Waals surface area contributed by atoms with Crippen LogP contribution in [0, 0.1) is 11.2 Å². The molecule has 4 rings (SSSR count). The molecule has 2 aliphatic rings. The predicted molar refractivity (Wildman–Crippen MR) is 128 cm³/mol. The van der Waals surface area contributed by atoms with Crippen LogP contribution in [0.15, 0.2) is 65.0 Å². The number of halogens is 1. The van der Waals surface area contributed by atoms with E-state index in [-0.39, 0.29) is 16.9 Å². The number of carbonyl (C=O) groups excluding carboxylic acids is 2. The number of ether oxygens (including phenoxy) is 2. The van der Waals surface area contributed by atoms with E-state index in [0.717, 1.165) is 5.70 Å². The highest BCUT2D eigenvalue weighted by Crippen LogP contribution is 2.49. The number of nitrogens with one attached hydrogen (secondary N) is 2. The zero-order valence-corrected chi connectivity index (χ0v) is 20.0. The molecule has 0 unspecified atom stereocenters. The van der Waals surface area contributed by atoms with Crippen LogP contribution in [0.25, 0.3) is 0 Å². The van der Waals surface area contributed by atoms with Gasteiger partial charge in [0.05, 0.1) is 25.8 Å². The van der Waals surface area contributed by atoms with Crippen LogP contribution in [0.4, 0.5) is 10.1 Å². The fraction of sp³-hybridized carbons (Fsp3) is 0.333. The summed E-state index contributed by atoms with van der Waals surface area (Å²) in [6, 6.07) is 11.3. The Balaban J connectivity index is 1.87. The first kappa shape index (κ1) is 23.5. The molecule has 178 valence electrons. The van der Waals surface area contributed by atoms with E-state index in [4.69, 9.17) is 9.47 Å². The first-order valence-electron chi connectivity index (χ1n) is 11.2. The first-order valence-corrected chi connectivity index (χ1v) is 11.2. The molecule has 0 spiro atoms. The summed E-state index contributed by atoms with van der Waals surface area (Å²) < 4.78 is 25.3. The average molecular weight is 465 g/mol. The molecular formula is C27H29FN2O4. The Hall–Kier alpha value is -3.61. The Kier molecular flexibility index (Phi) is 6.21. The smallest absolute Gasteiger partial charge is 0.254 e. The summed E-state index contributed by atoms with van der Waals surface area (Å²) in [6.45, 7) is 5.91. The molecule has 1 atom stereocenters. The number of rotatable bonds is 5. The van der Waals surface area contributed by atoms with Gasteiger partial charge in [-0.3, -0.25) is 9.59 Å². The van der Waals surface area contributed by atoms with Crippen molar-refractivity contribution in [2.24, 2.45) is 5.41 Å². The molecule has 2 aromatic rings. The monoisotopic (exact) mass is 464 g/mol. The molecule has 2 N–H and O–H groups in total. The van der Waals surface area contributed by atoms with Crippen molar-refractivity contribution < 1.29 is 23.5 Å². The third kappa shape index (κ3) is 4.30. The summed E-state index contributed by atoms with van der Waals surface area (Å²) >= 11 is 0. The number of dihydropyridines is 1. The van der Waals surface area contributed by atoms with Crippen LogP contribution < -0.4 is 20.1 Å². The number of allylic oxidation sites excluding steroid dienone is 3. The van der Waals surface area contributed by atoms with Gasteiger partial charge in [0, 0.05) is 40.6 Å². The third-order valence-corrected chi connectivity index (χ3v) is 6.36. The molecule has 2 aromatic carbocycles. The number of anilines is 1. The molecule has 1 aliphatic heterocycles. The Labute approximate surface area is 198 Å². The molecule has 0 saturated heterocycles. The second kappa shape index (κ2) is 8.97. The molecule has 1 amide bonds. The minimum absolute atomic E-state index is 0.0229. The minimum atomic E-state index is -0.674. The van der Waals surface area contributed by atoms with Crippen molar-refractivity contribution in [2.75, 3.05) is 19.5 Å². The van der Waals surface area contributed by atoms with Gasteiger partial charge < -0.3 is 20.1 Å². The van der Waals surface area contributed by atoms with Gasteiger partial charge in [0.1, 0.15) is 17.3 Å². The van der Waals surface area contributed by atoms with Crippen LogP contribution in [0.2, 0.25) is 0 Å². The Morgan fingerprint density at radius 1 is 1.12 bits per heavy atom. The predicted octanol–water partition coefficient (Wildman–Crippen LogP) is 5.09. The molecule has 1 heterocycles. The van der Waals surface area contributed by atoms with E-state index < -0.39 is 17.6 Å². The molecule has 6 nitrogen and oxygen atoms in total. The van der Waals surface area contributed by atoms with Gasteiger partial charge in [-0.05, 0) is 37.0 Å². The van der Waals surface area contributed by atoms with Gasteiger partial charge in [-0.15, -0.1) is 0 Å². The van der Waals surface area contributed by atoms with E-state index in [2.05, 4.69) is 24.5 Å². The van der Waals surface area contributed by atoms with Crippen LogP contribution in [0.5, 0.6) is 11.5 Å². The number of para-hydroxylation sites is 1. The number of benzene rings is 2. The lowest BCUT2D eigenvalue weighted by Crippen LogP contribution is -2.39. The van der Waals surface area contributed by atoms with Gasteiger partial charge in [-0.2, -0.15) is 0 Å². The number of methoxy groups -OCH3 is 2. The number of ketones is 1. The average Bonchev–Trinajstić information content (AvgIpc) is 2.78. The van der Waals surface area contributed by atoms with Gasteiger partial charge in [0.25, 0.3) is 5.91 Å². The maximum absolute atomic E-state index is 14.3. The molecular weight excluding hydrogens is 435 g/mol. The molecule has 34 heavy (non-hydrogen) atoms. The van der Waals surface area contributed by atoms with E-state index in [9.17, 15) is 14.0 Å². The van der Waals surface area contributed by atoms with Gasteiger partial charge in [0.15, 0.2) is 5.78 Å². The van der Waals surface area contributed by atoms with E-state index in [1.807, 2.05) is 6.07 Å². The third-order valence-electron chi connectivity index (χ3n) is 6.36. The Morgan fingerprint density at radius 3 is 2.53 bits per heavy atom. The van der Waals surface area contributed by atoms with Crippen molar-refractivity contribution in [1.29, 1.82) is 0 Å². The van der Waals surface area contributed by atoms with Gasteiger partial charge in [-0.25, -0.2) is 4.39 Å². The summed E-state index contributed by atoms with van der Waals surface area (Å²) in [5.41, 5.74) is 2.85. The zero-order valence-electron chi connectivity index (χ0n) is 20.0. The van der Waals surface area contributed by atoms with E-state index >= 15 is 0 Å². The highest BCUT2D eigenvalue weighted by atomic mass is 19.1. The first-order chi connectivity index (χ1) is 16.1. The molecule has 0 bridgehead atoms. The summed E-state index contributed by atoms with van der Waals surface area (Å²) in [5, 5.41) is 6.00. The fourth-order valence-electron chi connectivity index (χ4n) is 4.86. The van der Waals surface area contributed by atoms with Crippen molar-refractivity contribution in [1.82, 2.24) is 5.32 Å².